The van der Waals surface area contributed by atoms with Crippen LogP contribution in [0.5, 0.6) is 5.75 Å². The molecule has 6 heteroatoms. The molecule has 0 aliphatic carbocycles. The number of fused-ring (bicyclic) bond motifs is 1. The fourth-order valence-corrected chi connectivity index (χ4v) is 6.68. The van der Waals surface area contributed by atoms with E-state index in [9.17, 15) is 10.1 Å². The summed E-state index contributed by atoms with van der Waals surface area (Å²) in [4.78, 5) is 13.8. The van der Waals surface area contributed by atoms with Crippen LogP contribution < -0.4 is 10.3 Å². The van der Waals surface area contributed by atoms with E-state index in [1.54, 1.807) is 22.8 Å². The van der Waals surface area contributed by atoms with Crippen molar-refractivity contribution < 1.29 is 9.16 Å². The third-order valence-electron chi connectivity index (χ3n) is 6.99. The van der Waals surface area contributed by atoms with E-state index in [4.69, 9.17) is 9.16 Å². The fraction of sp³-hybridized carbons (Fsp3) is 0.548. The molecule has 1 aliphatic rings. The topological polar surface area (TPSA) is 64.2 Å². The van der Waals surface area contributed by atoms with Crippen LogP contribution in [0.2, 0.25) is 13.1 Å². The molecule has 1 aromatic carbocycles. The lowest BCUT2D eigenvalue weighted by molar-refractivity contribution is -0.0520. The van der Waals surface area contributed by atoms with Gasteiger partial charge in [0.05, 0.1) is 22.9 Å². The standard InChI is InChI=1S/C31H44N2O3Si/c1-28(2,3)15-11-16-31(29(4,5)6,36-37(9)10)23-14-17-33(27(34)19-23)25-20-30(7,8)35-26-13-12-22(21-32)18-24(25)26/h12-14,17-20,37H,11,15-16H2,1-10H3. The Kier molecular flexibility index (Phi) is 8.03. The molecule has 0 fully saturated rings. The number of nitriles is 1. The van der Waals surface area contributed by atoms with E-state index in [-0.39, 0.29) is 16.4 Å². The summed E-state index contributed by atoms with van der Waals surface area (Å²) in [6.07, 6.45) is 6.79. The van der Waals surface area contributed by atoms with Crippen molar-refractivity contribution in [3.63, 3.8) is 0 Å². The summed E-state index contributed by atoms with van der Waals surface area (Å²) in [6.45, 7) is 21.8. The van der Waals surface area contributed by atoms with Gasteiger partial charge in [0.1, 0.15) is 11.4 Å². The van der Waals surface area contributed by atoms with Crippen LogP contribution in [0.15, 0.2) is 47.4 Å². The van der Waals surface area contributed by atoms with Crippen LogP contribution in [0.25, 0.3) is 5.70 Å². The average Bonchev–Trinajstić information content (AvgIpc) is 2.75. The lowest BCUT2D eigenvalue weighted by Gasteiger charge is -2.47. The molecular formula is C31H44N2O3Si. The Balaban J connectivity index is 2.15. The summed E-state index contributed by atoms with van der Waals surface area (Å²) in [6, 6.07) is 11.3. The summed E-state index contributed by atoms with van der Waals surface area (Å²) in [5.74, 6) is 0.665. The second-order valence-electron chi connectivity index (χ2n) is 13.3. The van der Waals surface area contributed by atoms with Crippen LogP contribution >= 0.6 is 0 Å². The van der Waals surface area contributed by atoms with E-state index >= 15 is 0 Å². The van der Waals surface area contributed by atoms with Crippen molar-refractivity contribution in [2.24, 2.45) is 10.8 Å². The van der Waals surface area contributed by atoms with Crippen molar-refractivity contribution in [1.82, 2.24) is 4.57 Å². The molecule has 0 saturated heterocycles. The summed E-state index contributed by atoms with van der Waals surface area (Å²) in [5.41, 5.74) is 1.71. The lowest BCUT2D eigenvalue weighted by atomic mass is 9.69. The molecule has 0 spiro atoms. The molecule has 0 saturated carbocycles. The van der Waals surface area contributed by atoms with Gasteiger partial charge in [0.25, 0.3) is 5.56 Å². The highest BCUT2D eigenvalue weighted by Crippen LogP contribution is 2.47. The van der Waals surface area contributed by atoms with Gasteiger partial charge in [0.15, 0.2) is 9.04 Å². The van der Waals surface area contributed by atoms with Gasteiger partial charge in [0, 0.05) is 17.8 Å². The van der Waals surface area contributed by atoms with Gasteiger partial charge in [-0.3, -0.25) is 9.36 Å². The van der Waals surface area contributed by atoms with Crippen molar-refractivity contribution in [1.29, 1.82) is 5.26 Å². The van der Waals surface area contributed by atoms with Crippen molar-refractivity contribution in [2.45, 2.75) is 98.9 Å². The van der Waals surface area contributed by atoms with Crippen LogP contribution in [0.3, 0.4) is 0 Å². The van der Waals surface area contributed by atoms with Crippen LogP contribution in [0.1, 0.15) is 91.3 Å². The number of hydrogen-bond acceptors (Lipinski definition) is 4. The first-order valence-corrected chi connectivity index (χ1v) is 16.1. The van der Waals surface area contributed by atoms with E-state index in [2.05, 4.69) is 66.8 Å². The second kappa shape index (κ2) is 10.3. The first-order chi connectivity index (χ1) is 17.0. The van der Waals surface area contributed by atoms with Gasteiger partial charge in [-0.25, -0.2) is 0 Å². The van der Waals surface area contributed by atoms with Crippen molar-refractivity contribution in [3.05, 3.63) is 69.6 Å². The van der Waals surface area contributed by atoms with Gasteiger partial charge in [-0.1, -0.05) is 41.5 Å². The molecule has 1 aromatic heterocycles. The molecule has 3 rings (SSSR count). The van der Waals surface area contributed by atoms with Gasteiger partial charge in [-0.15, -0.1) is 0 Å². The molecule has 200 valence electrons. The summed E-state index contributed by atoms with van der Waals surface area (Å²) >= 11 is 0. The van der Waals surface area contributed by atoms with Gasteiger partial charge >= 0.3 is 0 Å². The molecule has 2 heterocycles. The maximum atomic E-state index is 13.8. The molecule has 0 radical (unpaired) electrons. The largest absolute Gasteiger partial charge is 0.483 e. The van der Waals surface area contributed by atoms with Gasteiger partial charge in [-0.05, 0) is 92.9 Å². The third-order valence-corrected chi connectivity index (χ3v) is 7.87. The number of hydrogen-bond donors (Lipinski definition) is 0. The van der Waals surface area contributed by atoms with E-state index in [1.807, 2.05) is 32.2 Å². The Hall–Kier alpha value is -2.62. The Morgan fingerprint density at radius 3 is 2.27 bits per heavy atom. The second-order valence-corrected chi connectivity index (χ2v) is 15.7. The minimum atomic E-state index is -1.44. The van der Waals surface area contributed by atoms with E-state index in [1.165, 1.54) is 0 Å². The van der Waals surface area contributed by atoms with Crippen molar-refractivity contribution in [3.8, 4) is 11.8 Å². The highest BCUT2D eigenvalue weighted by Gasteiger charge is 2.45. The Bertz CT molecular complexity index is 1270. The lowest BCUT2D eigenvalue weighted by Crippen LogP contribution is -2.46. The van der Waals surface area contributed by atoms with E-state index in [0.717, 1.165) is 36.1 Å². The van der Waals surface area contributed by atoms with Crippen molar-refractivity contribution >= 4 is 14.7 Å². The third kappa shape index (κ3) is 6.45. The first kappa shape index (κ1) is 28.9. The quantitative estimate of drug-likeness (QED) is 0.361. The number of benzene rings is 1. The minimum Gasteiger partial charge on any atom is -0.483 e. The monoisotopic (exact) mass is 520 g/mol. The molecule has 1 unspecified atom stereocenters. The number of pyridine rings is 1. The first-order valence-electron chi connectivity index (χ1n) is 13.4. The molecule has 5 nitrogen and oxygen atoms in total. The normalized spacial score (nSPS) is 16.9. The Labute approximate surface area is 224 Å². The van der Waals surface area contributed by atoms with Gasteiger partial charge in [-0.2, -0.15) is 5.26 Å². The SMILES string of the molecule is C[SiH](C)OC(CCCC(C)(C)C)(c1ccn(C2=CC(C)(C)Oc3ccc(C#N)cc32)c(=O)c1)C(C)(C)C. The molecule has 2 aromatic rings. The molecule has 1 aliphatic heterocycles. The van der Waals surface area contributed by atoms with Crippen LogP contribution in [-0.2, 0) is 10.0 Å². The minimum absolute atomic E-state index is 0.117. The summed E-state index contributed by atoms with van der Waals surface area (Å²) in [5, 5.41) is 9.46. The Morgan fingerprint density at radius 2 is 1.73 bits per heavy atom. The Morgan fingerprint density at radius 1 is 1.05 bits per heavy atom. The molecule has 1 atom stereocenters. The highest BCUT2D eigenvalue weighted by atomic mass is 28.3. The maximum absolute atomic E-state index is 13.8. The number of nitrogens with zero attached hydrogens (tertiary/aromatic N) is 2. The number of aromatic nitrogens is 1. The van der Waals surface area contributed by atoms with Crippen LogP contribution in [0, 0.1) is 22.2 Å². The summed E-state index contributed by atoms with van der Waals surface area (Å²) < 4.78 is 14.7. The predicted molar refractivity (Wildman–Crippen MR) is 154 cm³/mol. The zero-order valence-electron chi connectivity index (χ0n) is 24.4. The molecule has 0 N–H and O–H groups in total. The highest BCUT2D eigenvalue weighted by molar-refractivity contribution is 6.48. The van der Waals surface area contributed by atoms with E-state index in [0.29, 0.717) is 11.3 Å². The van der Waals surface area contributed by atoms with Crippen molar-refractivity contribution in [2.75, 3.05) is 0 Å². The average molecular weight is 521 g/mol. The summed E-state index contributed by atoms with van der Waals surface area (Å²) in [7, 11) is -1.44. The van der Waals surface area contributed by atoms with Gasteiger partial charge < -0.3 is 9.16 Å². The number of ether oxygens (including phenoxy) is 1. The predicted octanol–water partition coefficient (Wildman–Crippen LogP) is 7.24. The zero-order valence-corrected chi connectivity index (χ0v) is 25.5. The molecule has 0 amide bonds. The molecule has 37 heavy (non-hydrogen) atoms. The van der Waals surface area contributed by atoms with Crippen LogP contribution in [0.4, 0.5) is 0 Å². The maximum Gasteiger partial charge on any atom is 0.255 e. The van der Waals surface area contributed by atoms with E-state index < -0.39 is 20.2 Å². The number of rotatable bonds is 7. The fourth-order valence-electron chi connectivity index (χ4n) is 5.26. The van der Waals surface area contributed by atoms with Crippen LogP contribution in [-0.4, -0.2) is 19.2 Å². The van der Waals surface area contributed by atoms with Gasteiger partial charge in [0.2, 0.25) is 0 Å². The molecular weight excluding hydrogens is 476 g/mol. The smallest absolute Gasteiger partial charge is 0.255 e. The zero-order chi connectivity index (χ0) is 27.8. The molecule has 0 bridgehead atoms.